The molecule has 0 radical (unpaired) electrons. The normalized spacial score (nSPS) is 10.6. The average Bonchev–Trinajstić information content (AvgIpc) is 2.72. The third kappa shape index (κ3) is 3.01. The average molecular weight is 279 g/mol. The van der Waals surface area contributed by atoms with Gasteiger partial charge in [0.2, 0.25) is 5.95 Å². The van der Waals surface area contributed by atoms with Gasteiger partial charge in [-0.05, 0) is 24.6 Å². The van der Waals surface area contributed by atoms with Crippen molar-refractivity contribution in [3.8, 4) is 0 Å². The van der Waals surface area contributed by atoms with Crippen LogP contribution in [0.5, 0.6) is 0 Å². The van der Waals surface area contributed by atoms with E-state index in [1.165, 1.54) is 0 Å². The SMILES string of the molecule is Cc1ccc(NCc2cnc(N(C)C)n2C)cc1Cl. The number of benzene rings is 1. The topological polar surface area (TPSA) is 33.1 Å². The van der Waals surface area contributed by atoms with Gasteiger partial charge in [0.15, 0.2) is 0 Å². The molecule has 1 heterocycles. The van der Waals surface area contributed by atoms with Crippen molar-refractivity contribution in [2.24, 2.45) is 7.05 Å². The zero-order valence-corrected chi connectivity index (χ0v) is 12.5. The first kappa shape index (κ1) is 13.7. The van der Waals surface area contributed by atoms with Crippen molar-refractivity contribution >= 4 is 23.2 Å². The fourth-order valence-corrected chi connectivity index (χ4v) is 2.09. The smallest absolute Gasteiger partial charge is 0.204 e. The summed E-state index contributed by atoms with van der Waals surface area (Å²) in [4.78, 5) is 6.37. The molecule has 1 aromatic heterocycles. The molecule has 19 heavy (non-hydrogen) atoms. The zero-order chi connectivity index (χ0) is 14.0. The highest BCUT2D eigenvalue weighted by Crippen LogP contribution is 2.20. The lowest BCUT2D eigenvalue weighted by Gasteiger charge is -2.13. The molecular weight excluding hydrogens is 260 g/mol. The number of hydrogen-bond donors (Lipinski definition) is 1. The second kappa shape index (κ2) is 5.53. The number of aryl methyl sites for hydroxylation is 1. The predicted molar refractivity (Wildman–Crippen MR) is 81.1 cm³/mol. The van der Waals surface area contributed by atoms with E-state index in [2.05, 4.69) is 14.9 Å². The van der Waals surface area contributed by atoms with Crippen molar-refractivity contribution in [1.29, 1.82) is 0 Å². The van der Waals surface area contributed by atoms with Crippen LogP contribution in [0.4, 0.5) is 11.6 Å². The molecule has 102 valence electrons. The first-order valence-corrected chi connectivity index (χ1v) is 6.55. The number of halogens is 1. The van der Waals surface area contributed by atoms with E-state index in [4.69, 9.17) is 11.6 Å². The lowest BCUT2D eigenvalue weighted by Crippen LogP contribution is -2.15. The van der Waals surface area contributed by atoms with E-state index < -0.39 is 0 Å². The monoisotopic (exact) mass is 278 g/mol. The van der Waals surface area contributed by atoms with E-state index in [9.17, 15) is 0 Å². The van der Waals surface area contributed by atoms with Gasteiger partial charge in [0, 0.05) is 31.9 Å². The molecule has 2 rings (SSSR count). The molecule has 0 fully saturated rings. The molecule has 0 aliphatic rings. The van der Waals surface area contributed by atoms with Crippen LogP contribution in [0.1, 0.15) is 11.3 Å². The van der Waals surface area contributed by atoms with Gasteiger partial charge in [0.05, 0.1) is 18.4 Å². The lowest BCUT2D eigenvalue weighted by atomic mass is 10.2. The maximum Gasteiger partial charge on any atom is 0.204 e. The van der Waals surface area contributed by atoms with Gasteiger partial charge in [0.25, 0.3) is 0 Å². The Labute approximate surface area is 119 Å². The Morgan fingerprint density at radius 3 is 2.68 bits per heavy atom. The molecule has 0 amide bonds. The summed E-state index contributed by atoms with van der Waals surface area (Å²) in [7, 11) is 5.99. The summed E-state index contributed by atoms with van der Waals surface area (Å²) in [5, 5.41) is 4.14. The van der Waals surface area contributed by atoms with E-state index in [1.807, 2.05) is 57.4 Å². The Morgan fingerprint density at radius 1 is 1.37 bits per heavy atom. The second-order valence-corrected chi connectivity index (χ2v) is 5.23. The van der Waals surface area contributed by atoms with E-state index in [0.717, 1.165) is 34.5 Å². The Morgan fingerprint density at radius 2 is 2.11 bits per heavy atom. The van der Waals surface area contributed by atoms with Gasteiger partial charge >= 0.3 is 0 Å². The maximum absolute atomic E-state index is 6.11. The summed E-state index contributed by atoms with van der Waals surface area (Å²) >= 11 is 6.11. The Hall–Kier alpha value is -1.68. The van der Waals surface area contributed by atoms with Gasteiger partial charge in [-0.1, -0.05) is 17.7 Å². The maximum atomic E-state index is 6.11. The van der Waals surface area contributed by atoms with Crippen LogP contribution in [0.2, 0.25) is 5.02 Å². The molecule has 0 saturated carbocycles. The molecule has 1 N–H and O–H groups in total. The minimum Gasteiger partial charge on any atom is -0.379 e. The van der Waals surface area contributed by atoms with Crippen molar-refractivity contribution in [2.75, 3.05) is 24.3 Å². The van der Waals surface area contributed by atoms with Crippen LogP contribution in [0.25, 0.3) is 0 Å². The highest BCUT2D eigenvalue weighted by molar-refractivity contribution is 6.31. The van der Waals surface area contributed by atoms with Gasteiger partial charge in [-0.3, -0.25) is 0 Å². The largest absolute Gasteiger partial charge is 0.379 e. The number of hydrogen-bond acceptors (Lipinski definition) is 3. The highest BCUT2D eigenvalue weighted by Gasteiger charge is 2.07. The van der Waals surface area contributed by atoms with E-state index in [-0.39, 0.29) is 0 Å². The Balaban J connectivity index is 2.08. The second-order valence-electron chi connectivity index (χ2n) is 4.82. The fourth-order valence-electron chi connectivity index (χ4n) is 1.91. The fraction of sp³-hybridized carbons (Fsp3) is 0.357. The summed E-state index contributed by atoms with van der Waals surface area (Å²) in [5.41, 5.74) is 3.23. The van der Waals surface area contributed by atoms with Crippen LogP contribution in [-0.4, -0.2) is 23.6 Å². The third-order valence-corrected chi connectivity index (χ3v) is 3.51. The van der Waals surface area contributed by atoms with Crippen LogP contribution < -0.4 is 10.2 Å². The van der Waals surface area contributed by atoms with Gasteiger partial charge < -0.3 is 14.8 Å². The molecule has 0 atom stereocenters. The Kier molecular flexibility index (Phi) is 4.00. The van der Waals surface area contributed by atoms with Crippen molar-refractivity contribution in [3.63, 3.8) is 0 Å². The molecule has 0 aliphatic heterocycles. The molecule has 1 aromatic carbocycles. The Bertz CT molecular complexity index is 575. The number of aromatic nitrogens is 2. The van der Waals surface area contributed by atoms with Crippen LogP contribution >= 0.6 is 11.6 Å². The van der Waals surface area contributed by atoms with E-state index >= 15 is 0 Å². The minimum atomic E-state index is 0.719. The van der Waals surface area contributed by atoms with Gasteiger partial charge in [-0.15, -0.1) is 0 Å². The molecule has 0 unspecified atom stereocenters. The number of anilines is 2. The van der Waals surface area contributed by atoms with Crippen LogP contribution in [0.15, 0.2) is 24.4 Å². The summed E-state index contributed by atoms with van der Waals surface area (Å²) in [6, 6.07) is 5.99. The zero-order valence-electron chi connectivity index (χ0n) is 11.7. The molecule has 4 nitrogen and oxygen atoms in total. The van der Waals surface area contributed by atoms with Crippen molar-refractivity contribution in [2.45, 2.75) is 13.5 Å². The van der Waals surface area contributed by atoms with Gasteiger partial charge in [-0.25, -0.2) is 4.98 Å². The van der Waals surface area contributed by atoms with Crippen molar-refractivity contribution in [3.05, 3.63) is 40.7 Å². The number of rotatable bonds is 4. The molecular formula is C14H19ClN4. The summed E-state index contributed by atoms with van der Waals surface area (Å²) in [6.07, 6.45) is 1.89. The number of nitrogens with one attached hydrogen (secondary N) is 1. The number of imidazole rings is 1. The van der Waals surface area contributed by atoms with Gasteiger partial charge in [0.1, 0.15) is 0 Å². The van der Waals surface area contributed by atoms with Crippen LogP contribution in [-0.2, 0) is 13.6 Å². The van der Waals surface area contributed by atoms with E-state index in [1.54, 1.807) is 0 Å². The molecule has 0 saturated heterocycles. The first-order chi connectivity index (χ1) is 8.99. The predicted octanol–water partition coefficient (Wildman–Crippen LogP) is 3.06. The molecule has 2 aromatic rings. The first-order valence-electron chi connectivity index (χ1n) is 6.17. The van der Waals surface area contributed by atoms with Gasteiger partial charge in [-0.2, -0.15) is 0 Å². The standard InChI is InChI=1S/C14H19ClN4/c1-10-5-6-11(7-13(10)15)16-8-12-9-17-14(18(2)3)19(12)4/h5-7,9,16H,8H2,1-4H3. The van der Waals surface area contributed by atoms with Crippen molar-refractivity contribution in [1.82, 2.24) is 9.55 Å². The summed E-state index contributed by atoms with van der Waals surface area (Å²) in [6.45, 7) is 2.72. The lowest BCUT2D eigenvalue weighted by molar-refractivity contribution is 0.814. The molecule has 0 spiro atoms. The summed E-state index contributed by atoms with van der Waals surface area (Å²) in [5.74, 6) is 0.943. The third-order valence-electron chi connectivity index (χ3n) is 3.11. The van der Waals surface area contributed by atoms with Crippen LogP contribution in [0, 0.1) is 6.92 Å². The molecule has 0 bridgehead atoms. The van der Waals surface area contributed by atoms with Crippen LogP contribution in [0.3, 0.4) is 0 Å². The highest BCUT2D eigenvalue weighted by atomic mass is 35.5. The van der Waals surface area contributed by atoms with Crippen molar-refractivity contribution < 1.29 is 0 Å². The minimum absolute atomic E-state index is 0.719. The number of nitrogens with zero attached hydrogens (tertiary/aromatic N) is 3. The molecule has 0 aliphatic carbocycles. The summed E-state index contributed by atoms with van der Waals surface area (Å²) < 4.78 is 2.07. The molecule has 5 heteroatoms. The van der Waals surface area contributed by atoms with E-state index in [0.29, 0.717) is 0 Å². The quantitative estimate of drug-likeness (QED) is 0.933.